The fourth-order valence-electron chi connectivity index (χ4n) is 2.83. The molecule has 0 fully saturated rings. The number of anilines is 1. The average molecular weight is 432 g/mol. The Hall–Kier alpha value is -3.53. The van der Waals surface area contributed by atoms with Crippen molar-refractivity contribution in [3.8, 4) is 0 Å². The van der Waals surface area contributed by atoms with Crippen molar-refractivity contribution in [2.45, 2.75) is 26.8 Å². The van der Waals surface area contributed by atoms with E-state index in [4.69, 9.17) is 16.3 Å². The number of nitrogens with zero attached hydrogens (tertiary/aromatic N) is 4. The molecule has 1 amide bonds. The van der Waals surface area contributed by atoms with E-state index in [1.54, 1.807) is 17.7 Å². The Balaban J connectivity index is 1.72. The summed E-state index contributed by atoms with van der Waals surface area (Å²) < 4.78 is 6.81. The van der Waals surface area contributed by atoms with Crippen molar-refractivity contribution >= 4 is 45.9 Å². The van der Waals surface area contributed by atoms with E-state index in [0.717, 1.165) is 6.07 Å². The fraction of sp³-hybridized carbons (Fsp3) is 0.263. The highest BCUT2D eigenvalue weighted by Gasteiger charge is 2.19. The molecule has 0 saturated carbocycles. The van der Waals surface area contributed by atoms with Gasteiger partial charge in [0, 0.05) is 23.5 Å². The predicted molar refractivity (Wildman–Crippen MR) is 110 cm³/mol. The Morgan fingerprint density at radius 2 is 2.07 bits per heavy atom. The number of hydrogen-bond acceptors (Lipinski definition) is 7. The summed E-state index contributed by atoms with van der Waals surface area (Å²) >= 11 is 5.74. The summed E-state index contributed by atoms with van der Waals surface area (Å²) in [6, 6.07) is 5.44. The number of carbonyl (C=O) groups is 2. The number of esters is 1. The number of rotatable bonds is 6. The van der Waals surface area contributed by atoms with Gasteiger partial charge in [-0.3, -0.25) is 14.9 Å². The van der Waals surface area contributed by atoms with E-state index >= 15 is 0 Å². The standard InChI is InChI=1S/C19H18ClN5O5/c1-10(2)24-18-14(8-21-24)13(6-11(3)22-18)19(27)30-9-17(26)23-12-4-5-15(20)16(7-12)25(28)29/h4-8,10H,9H2,1-3H3,(H,23,26). The number of pyridine rings is 1. The maximum atomic E-state index is 12.6. The molecular weight excluding hydrogens is 414 g/mol. The largest absolute Gasteiger partial charge is 0.452 e. The van der Waals surface area contributed by atoms with Gasteiger partial charge >= 0.3 is 5.97 Å². The molecule has 1 N–H and O–H groups in total. The van der Waals surface area contributed by atoms with Crippen molar-refractivity contribution in [2.75, 3.05) is 11.9 Å². The lowest BCUT2D eigenvalue weighted by Gasteiger charge is -2.09. The Bertz CT molecular complexity index is 1160. The number of aryl methyl sites for hydroxylation is 1. The van der Waals surface area contributed by atoms with Crippen molar-refractivity contribution in [3.63, 3.8) is 0 Å². The van der Waals surface area contributed by atoms with Crippen LogP contribution in [-0.4, -0.2) is 38.2 Å². The smallest absolute Gasteiger partial charge is 0.339 e. The molecule has 1 aromatic carbocycles. The van der Waals surface area contributed by atoms with Crippen molar-refractivity contribution < 1.29 is 19.2 Å². The number of amides is 1. The summed E-state index contributed by atoms with van der Waals surface area (Å²) in [6.45, 7) is 5.06. The molecule has 11 heteroatoms. The van der Waals surface area contributed by atoms with Crippen LogP contribution in [0.15, 0.2) is 30.5 Å². The molecule has 30 heavy (non-hydrogen) atoms. The maximum Gasteiger partial charge on any atom is 0.339 e. The summed E-state index contributed by atoms with van der Waals surface area (Å²) in [5.74, 6) is -1.36. The Morgan fingerprint density at radius 3 is 2.73 bits per heavy atom. The number of halogens is 1. The highest BCUT2D eigenvalue weighted by atomic mass is 35.5. The molecule has 10 nitrogen and oxygen atoms in total. The minimum absolute atomic E-state index is 0.0508. The first-order chi connectivity index (χ1) is 14.2. The molecule has 0 spiro atoms. The molecule has 0 bridgehead atoms. The number of carbonyl (C=O) groups excluding carboxylic acids is 2. The van der Waals surface area contributed by atoms with E-state index in [9.17, 15) is 19.7 Å². The van der Waals surface area contributed by atoms with Crippen LogP contribution in [0, 0.1) is 17.0 Å². The molecule has 0 saturated heterocycles. The lowest BCUT2D eigenvalue weighted by atomic mass is 10.1. The summed E-state index contributed by atoms with van der Waals surface area (Å²) in [7, 11) is 0. The molecule has 0 aliphatic carbocycles. The van der Waals surface area contributed by atoms with Gasteiger partial charge < -0.3 is 10.1 Å². The van der Waals surface area contributed by atoms with Gasteiger partial charge in [0.05, 0.1) is 22.1 Å². The van der Waals surface area contributed by atoms with Gasteiger partial charge in [-0.2, -0.15) is 5.10 Å². The third-order valence-corrected chi connectivity index (χ3v) is 4.48. The number of aromatic nitrogens is 3. The molecule has 3 aromatic rings. The second-order valence-corrected chi connectivity index (χ2v) is 7.19. The van der Waals surface area contributed by atoms with Gasteiger partial charge in [-0.15, -0.1) is 0 Å². The highest BCUT2D eigenvalue weighted by molar-refractivity contribution is 6.32. The number of nitrogens with one attached hydrogen (secondary N) is 1. The van der Waals surface area contributed by atoms with E-state index in [1.807, 2.05) is 13.8 Å². The second-order valence-electron chi connectivity index (χ2n) is 6.78. The van der Waals surface area contributed by atoms with Crippen LogP contribution < -0.4 is 5.32 Å². The summed E-state index contributed by atoms with van der Waals surface area (Å²) in [5.41, 5.74) is 1.22. The molecule has 0 aliphatic rings. The average Bonchev–Trinajstić information content (AvgIpc) is 3.10. The van der Waals surface area contributed by atoms with Crippen LogP contribution in [0.4, 0.5) is 11.4 Å². The van der Waals surface area contributed by atoms with E-state index < -0.39 is 23.4 Å². The topological polar surface area (TPSA) is 129 Å². The van der Waals surface area contributed by atoms with E-state index in [0.29, 0.717) is 16.7 Å². The Morgan fingerprint density at radius 1 is 1.33 bits per heavy atom. The molecule has 0 unspecified atom stereocenters. The van der Waals surface area contributed by atoms with Crippen LogP contribution in [-0.2, 0) is 9.53 Å². The first kappa shape index (κ1) is 21.2. The maximum absolute atomic E-state index is 12.6. The number of fused-ring (bicyclic) bond motifs is 1. The monoisotopic (exact) mass is 431 g/mol. The van der Waals surface area contributed by atoms with Gasteiger partial charge in [0.25, 0.3) is 11.6 Å². The number of ether oxygens (including phenoxy) is 1. The van der Waals surface area contributed by atoms with E-state index in [1.165, 1.54) is 18.3 Å². The van der Waals surface area contributed by atoms with Crippen molar-refractivity contribution in [2.24, 2.45) is 0 Å². The van der Waals surface area contributed by atoms with Gasteiger partial charge in [0.15, 0.2) is 12.3 Å². The molecule has 2 aromatic heterocycles. The minimum atomic E-state index is -0.703. The van der Waals surface area contributed by atoms with Crippen LogP contribution in [0.5, 0.6) is 0 Å². The third-order valence-electron chi connectivity index (χ3n) is 4.16. The van der Waals surface area contributed by atoms with E-state index in [-0.39, 0.29) is 28.0 Å². The SMILES string of the molecule is Cc1cc(C(=O)OCC(=O)Nc2ccc(Cl)c([N+](=O)[O-])c2)c2cnn(C(C)C)c2n1. The molecular formula is C19H18ClN5O5. The highest BCUT2D eigenvalue weighted by Crippen LogP contribution is 2.27. The van der Waals surface area contributed by atoms with Crippen LogP contribution in [0.1, 0.15) is 35.9 Å². The lowest BCUT2D eigenvalue weighted by Crippen LogP contribution is -2.21. The quantitative estimate of drug-likeness (QED) is 0.358. The molecule has 0 atom stereocenters. The predicted octanol–water partition coefficient (Wildman–Crippen LogP) is 3.68. The van der Waals surface area contributed by atoms with Crippen LogP contribution in [0.2, 0.25) is 5.02 Å². The van der Waals surface area contributed by atoms with Crippen LogP contribution >= 0.6 is 11.6 Å². The normalized spacial score (nSPS) is 11.0. The van der Waals surface area contributed by atoms with E-state index in [2.05, 4.69) is 15.4 Å². The summed E-state index contributed by atoms with van der Waals surface area (Å²) in [4.78, 5) is 39.4. The zero-order chi connectivity index (χ0) is 22.0. The van der Waals surface area contributed by atoms with Gasteiger partial charge in [0.2, 0.25) is 0 Å². The summed E-state index contributed by atoms with van der Waals surface area (Å²) in [6.07, 6.45) is 1.53. The Kier molecular flexibility index (Phi) is 5.97. The number of hydrogen-bond donors (Lipinski definition) is 1. The molecule has 0 aliphatic heterocycles. The minimum Gasteiger partial charge on any atom is -0.452 e. The van der Waals surface area contributed by atoms with Gasteiger partial charge in [-0.25, -0.2) is 14.5 Å². The zero-order valence-corrected chi connectivity index (χ0v) is 17.1. The van der Waals surface area contributed by atoms with Crippen molar-refractivity contribution in [1.29, 1.82) is 0 Å². The van der Waals surface area contributed by atoms with Gasteiger partial charge in [-0.05, 0) is 39.0 Å². The first-order valence-electron chi connectivity index (χ1n) is 8.93. The summed E-state index contributed by atoms with van der Waals surface area (Å²) in [5, 5.41) is 18.1. The Labute approximate surface area is 175 Å². The fourth-order valence-corrected chi connectivity index (χ4v) is 3.01. The first-order valence-corrected chi connectivity index (χ1v) is 9.31. The van der Waals surface area contributed by atoms with Gasteiger partial charge in [0.1, 0.15) is 5.02 Å². The van der Waals surface area contributed by atoms with Crippen molar-refractivity contribution in [3.05, 3.63) is 56.9 Å². The lowest BCUT2D eigenvalue weighted by molar-refractivity contribution is -0.384. The third kappa shape index (κ3) is 4.38. The molecule has 3 rings (SSSR count). The number of nitro benzene ring substituents is 1. The zero-order valence-electron chi connectivity index (χ0n) is 16.4. The second kappa shape index (κ2) is 8.46. The number of benzene rings is 1. The van der Waals surface area contributed by atoms with Crippen LogP contribution in [0.3, 0.4) is 0 Å². The van der Waals surface area contributed by atoms with Crippen LogP contribution in [0.25, 0.3) is 11.0 Å². The molecule has 2 heterocycles. The molecule has 156 valence electrons. The van der Waals surface area contributed by atoms with Crippen molar-refractivity contribution in [1.82, 2.24) is 14.8 Å². The molecule has 0 radical (unpaired) electrons. The number of nitro groups is 1. The van der Waals surface area contributed by atoms with Gasteiger partial charge in [-0.1, -0.05) is 11.6 Å².